The SMILES string of the molecule is NC(O)=S.NC(O)=S.[KH]. The van der Waals surface area contributed by atoms with Crippen LogP contribution in [-0.4, -0.2) is 71.9 Å². The Labute approximate surface area is 106 Å². The van der Waals surface area contributed by atoms with Crippen molar-refractivity contribution in [3.8, 4) is 0 Å². The third-order valence-electron chi connectivity index (χ3n) is 0. The first-order chi connectivity index (χ1) is 3.46. The zero-order chi connectivity index (χ0) is 7.15. The number of aliphatic hydroxyl groups excluding tert-OH is 2. The molecule has 0 spiro atoms. The quantitative estimate of drug-likeness (QED) is 0.290. The average molecular weight is 194 g/mol. The maximum atomic E-state index is 7.56. The third kappa shape index (κ3) is 430. The first-order valence-corrected chi connectivity index (χ1v) is 2.25. The van der Waals surface area contributed by atoms with Gasteiger partial charge in [-0.3, -0.25) is 0 Å². The molecule has 0 aliphatic heterocycles. The Hall–Kier alpha value is 1.02. The molecule has 6 N–H and O–H groups in total. The molecule has 0 atom stereocenters. The summed E-state index contributed by atoms with van der Waals surface area (Å²) >= 11 is 7.74. The second kappa shape index (κ2) is 11.8. The summed E-state index contributed by atoms with van der Waals surface area (Å²) in [6.07, 6.45) is 0. The van der Waals surface area contributed by atoms with Gasteiger partial charge in [-0.1, -0.05) is 0 Å². The summed E-state index contributed by atoms with van der Waals surface area (Å²) in [6, 6.07) is 0. The second-order valence-electron chi connectivity index (χ2n) is 0.676. The molecule has 0 aliphatic carbocycles. The number of aliphatic hydroxyl groups is 2. The van der Waals surface area contributed by atoms with E-state index in [1.165, 1.54) is 0 Å². The molecule has 0 rings (SSSR count). The van der Waals surface area contributed by atoms with Crippen molar-refractivity contribution in [3.63, 3.8) is 0 Å². The fourth-order valence-electron chi connectivity index (χ4n) is 0. The van der Waals surface area contributed by atoms with Gasteiger partial charge < -0.3 is 21.7 Å². The van der Waals surface area contributed by atoms with Crippen molar-refractivity contribution >= 4 is 86.2 Å². The van der Waals surface area contributed by atoms with Crippen molar-refractivity contribution < 1.29 is 10.2 Å². The summed E-state index contributed by atoms with van der Waals surface area (Å²) in [4.78, 5) is 0. The van der Waals surface area contributed by atoms with Gasteiger partial charge in [0.1, 0.15) is 0 Å². The van der Waals surface area contributed by atoms with Gasteiger partial charge in [-0.25, -0.2) is 0 Å². The Kier molecular flexibility index (Phi) is 21.6. The van der Waals surface area contributed by atoms with Gasteiger partial charge in [-0.15, -0.1) is 0 Å². The van der Waals surface area contributed by atoms with E-state index in [1.807, 2.05) is 0 Å². The number of rotatable bonds is 0. The van der Waals surface area contributed by atoms with Crippen molar-refractivity contribution in [3.05, 3.63) is 0 Å². The average Bonchev–Trinajstić information content (AvgIpc) is 1.25. The van der Waals surface area contributed by atoms with Gasteiger partial charge in [0, 0.05) is 0 Å². The molecule has 50 valence electrons. The normalized spacial score (nSPS) is 5.33. The van der Waals surface area contributed by atoms with E-state index in [0.717, 1.165) is 0 Å². The number of hydrogen-bond acceptors (Lipinski definition) is 2. The predicted molar refractivity (Wildman–Crippen MR) is 46.0 cm³/mol. The Bertz CT molecular complexity index is 78.6. The predicted octanol–water partition coefficient (Wildman–Crippen LogP) is -1.07. The molecule has 9 heavy (non-hydrogen) atoms. The molecule has 0 unspecified atom stereocenters. The third-order valence-corrected chi connectivity index (χ3v) is 0. The van der Waals surface area contributed by atoms with Crippen LogP contribution in [0.5, 0.6) is 0 Å². The van der Waals surface area contributed by atoms with E-state index in [1.54, 1.807) is 0 Å². The van der Waals surface area contributed by atoms with Gasteiger partial charge in [-0.05, 0) is 24.4 Å². The van der Waals surface area contributed by atoms with Crippen LogP contribution >= 0.6 is 24.4 Å². The molecule has 0 heterocycles. The van der Waals surface area contributed by atoms with Gasteiger partial charge in [-0.2, -0.15) is 0 Å². The van der Waals surface area contributed by atoms with Crippen molar-refractivity contribution in [1.29, 1.82) is 0 Å². The van der Waals surface area contributed by atoms with Crippen molar-refractivity contribution in [2.75, 3.05) is 0 Å². The molecule has 4 nitrogen and oxygen atoms in total. The fourth-order valence-corrected chi connectivity index (χ4v) is 0. The van der Waals surface area contributed by atoms with E-state index in [-0.39, 0.29) is 51.4 Å². The zero-order valence-electron chi connectivity index (χ0n) is 3.87. The van der Waals surface area contributed by atoms with Crippen LogP contribution in [0.25, 0.3) is 0 Å². The van der Waals surface area contributed by atoms with Crippen molar-refractivity contribution in [2.24, 2.45) is 11.5 Å². The van der Waals surface area contributed by atoms with Gasteiger partial charge in [0.15, 0.2) is 0 Å². The van der Waals surface area contributed by atoms with Gasteiger partial charge in [0.05, 0.1) is 0 Å². The van der Waals surface area contributed by atoms with Crippen LogP contribution in [-0.2, 0) is 0 Å². The van der Waals surface area contributed by atoms with E-state index in [9.17, 15) is 0 Å². The Morgan fingerprint density at radius 3 is 1.00 bits per heavy atom. The topological polar surface area (TPSA) is 92.5 Å². The van der Waals surface area contributed by atoms with Crippen LogP contribution in [0.2, 0.25) is 0 Å². The molecule has 0 bridgehead atoms. The molecule has 0 fully saturated rings. The molecule has 0 aromatic carbocycles. The monoisotopic (exact) mass is 194 g/mol. The number of nitrogens with two attached hydrogens (primary N) is 2. The summed E-state index contributed by atoms with van der Waals surface area (Å²) in [6.45, 7) is 0. The summed E-state index contributed by atoms with van der Waals surface area (Å²) in [7, 11) is 0. The molecule has 0 aliphatic rings. The molecule has 0 saturated heterocycles. The molecule has 0 aromatic rings. The summed E-state index contributed by atoms with van der Waals surface area (Å²) in [5, 5.41) is 14.1. The molecule has 0 amide bonds. The molecule has 0 aromatic heterocycles. The summed E-state index contributed by atoms with van der Waals surface area (Å²) in [5.41, 5.74) is 8.80. The van der Waals surface area contributed by atoms with E-state index in [2.05, 4.69) is 35.9 Å². The summed E-state index contributed by atoms with van der Waals surface area (Å²) in [5.74, 6) is 0. The van der Waals surface area contributed by atoms with Crippen molar-refractivity contribution in [2.45, 2.75) is 0 Å². The van der Waals surface area contributed by atoms with E-state index in [0.29, 0.717) is 0 Å². The van der Waals surface area contributed by atoms with E-state index in [4.69, 9.17) is 10.2 Å². The maximum absolute atomic E-state index is 7.56. The Balaban J connectivity index is -0.0000000720. The molecular formula is C2H7KN2O2S2. The van der Waals surface area contributed by atoms with Gasteiger partial charge in [0.25, 0.3) is 10.3 Å². The zero-order valence-corrected chi connectivity index (χ0v) is 5.50. The van der Waals surface area contributed by atoms with E-state index >= 15 is 0 Å². The van der Waals surface area contributed by atoms with Gasteiger partial charge in [0.2, 0.25) is 0 Å². The molecular weight excluding hydrogens is 187 g/mol. The van der Waals surface area contributed by atoms with Crippen LogP contribution in [0.15, 0.2) is 0 Å². The van der Waals surface area contributed by atoms with Crippen LogP contribution in [0.1, 0.15) is 0 Å². The minimum atomic E-state index is -0.500. The van der Waals surface area contributed by atoms with Gasteiger partial charge >= 0.3 is 51.4 Å². The number of thiocarbonyl (C=S) groups is 2. The Morgan fingerprint density at radius 2 is 1.00 bits per heavy atom. The van der Waals surface area contributed by atoms with E-state index < -0.39 is 10.3 Å². The Morgan fingerprint density at radius 1 is 1.00 bits per heavy atom. The number of hydrogen-bond donors (Lipinski definition) is 4. The van der Waals surface area contributed by atoms with Crippen molar-refractivity contribution in [1.82, 2.24) is 0 Å². The fraction of sp³-hybridized carbons (Fsp3) is 0. The van der Waals surface area contributed by atoms with Crippen LogP contribution in [0.3, 0.4) is 0 Å². The summed E-state index contributed by atoms with van der Waals surface area (Å²) < 4.78 is 0. The molecule has 7 heteroatoms. The minimum absolute atomic E-state index is 0. The first-order valence-electron chi connectivity index (χ1n) is 1.43. The molecule has 0 saturated carbocycles. The molecule has 0 radical (unpaired) electrons. The van der Waals surface area contributed by atoms with Crippen LogP contribution in [0, 0.1) is 0 Å². The standard InChI is InChI=1S/2CH3NOS.K.H/c2*2-1(3)4;;/h2*(H3,2,3,4);;. The second-order valence-corrected chi connectivity index (χ2v) is 1.51. The van der Waals surface area contributed by atoms with Crippen LogP contribution < -0.4 is 11.5 Å². The first kappa shape index (κ1) is 16.5. The van der Waals surface area contributed by atoms with Crippen LogP contribution in [0.4, 0.5) is 0 Å².